The Balaban J connectivity index is 2.18. The van der Waals surface area contributed by atoms with Crippen molar-refractivity contribution < 1.29 is 14.3 Å². The van der Waals surface area contributed by atoms with Gasteiger partial charge in [0.05, 0.1) is 0 Å². The SMILES string of the molecule is CC1=C(NC(=O)c2ccccc2)C(=O)OC1C. The molecule has 1 atom stereocenters. The fourth-order valence-corrected chi connectivity index (χ4v) is 1.60. The van der Waals surface area contributed by atoms with Gasteiger partial charge in [0.15, 0.2) is 0 Å². The molecule has 0 spiro atoms. The Kier molecular flexibility index (Phi) is 2.95. The molecule has 1 heterocycles. The Morgan fingerprint density at radius 3 is 2.47 bits per heavy atom. The van der Waals surface area contributed by atoms with Gasteiger partial charge in [0.1, 0.15) is 11.8 Å². The van der Waals surface area contributed by atoms with Gasteiger partial charge in [-0.1, -0.05) is 18.2 Å². The van der Waals surface area contributed by atoms with Crippen molar-refractivity contribution in [1.29, 1.82) is 0 Å². The van der Waals surface area contributed by atoms with Gasteiger partial charge < -0.3 is 10.1 Å². The van der Waals surface area contributed by atoms with Crippen molar-refractivity contribution in [2.45, 2.75) is 20.0 Å². The van der Waals surface area contributed by atoms with E-state index in [4.69, 9.17) is 4.74 Å². The zero-order valence-electron chi connectivity index (χ0n) is 9.69. The maximum absolute atomic E-state index is 11.8. The maximum atomic E-state index is 11.8. The lowest BCUT2D eigenvalue weighted by Gasteiger charge is -2.04. The Labute approximate surface area is 99.3 Å². The van der Waals surface area contributed by atoms with E-state index in [0.717, 1.165) is 5.57 Å². The van der Waals surface area contributed by atoms with Crippen LogP contribution in [-0.2, 0) is 9.53 Å². The Bertz CT molecular complexity index is 491. The van der Waals surface area contributed by atoms with Gasteiger partial charge in [-0.2, -0.15) is 0 Å². The van der Waals surface area contributed by atoms with Crippen LogP contribution in [0.2, 0.25) is 0 Å². The summed E-state index contributed by atoms with van der Waals surface area (Å²) < 4.78 is 5.00. The molecular weight excluding hydrogens is 218 g/mol. The maximum Gasteiger partial charge on any atom is 0.355 e. The summed E-state index contributed by atoms with van der Waals surface area (Å²) in [4.78, 5) is 23.3. The number of benzene rings is 1. The molecular formula is C13H13NO3. The normalized spacial score (nSPS) is 19.2. The number of rotatable bonds is 2. The van der Waals surface area contributed by atoms with Crippen LogP contribution in [0.3, 0.4) is 0 Å². The second-order valence-corrected chi connectivity index (χ2v) is 3.93. The van der Waals surface area contributed by atoms with Crippen molar-refractivity contribution >= 4 is 11.9 Å². The molecule has 1 amide bonds. The van der Waals surface area contributed by atoms with E-state index in [2.05, 4.69) is 5.32 Å². The summed E-state index contributed by atoms with van der Waals surface area (Å²) in [6, 6.07) is 8.74. The molecule has 1 unspecified atom stereocenters. The van der Waals surface area contributed by atoms with Crippen molar-refractivity contribution in [3.63, 3.8) is 0 Å². The van der Waals surface area contributed by atoms with Gasteiger partial charge in [0, 0.05) is 5.56 Å². The van der Waals surface area contributed by atoms with E-state index in [0.29, 0.717) is 5.56 Å². The molecule has 4 heteroatoms. The molecule has 4 nitrogen and oxygen atoms in total. The predicted octanol–water partition coefficient (Wildman–Crippen LogP) is 1.64. The second-order valence-electron chi connectivity index (χ2n) is 3.93. The highest BCUT2D eigenvalue weighted by molar-refractivity contribution is 6.02. The highest BCUT2D eigenvalue weighted by Gasteiger charge is 2.29. The zero-order chi connectivity index (χ0) is 12.4. The van der Waals surface area contributed by atoms with Crippen LogP contribution >= 0.6 is 0 Å². The third kappa shape index (κ3) is 2.20. The first-order valence-corrected chi connectivity index (χ1v) is 5.37. The molecule has 2 rings (SSSR count). The number of cyclic esters (lactones) is 1. The van der Waals surface area contributed by atoms with Crippen LogP contribution in [0, 0.1) is 0 Å². The minimum Gasteiger partial charge on any atom is -0.453 e. The zero-order valence-corrected chi connectivity index (χ0v) is 9.69. The van der Waals surface area contributed by atoms with Crippen molar-refractivity contribution in [1.82, 2.24) is 5.32 Å². The number of hydrogen-bond acceptors (Lipinski definition) is 3. The molecule has 1 aliphatic heterocycles. The predicted molar refractivity (Wildman–Crippen MR) is 62.2 cm³/mol. The molecule has 88 valence electrons. The van der Waals surface area contributed by atoms with E-state index >= 15 is 0 Å². The Morgan fingerprint density at radius 1 is 1.29 bits per heavy atom. The number of carbonyl (C=O) groups is 2. The van der Waals surface area contributed by atoms with Crippen molar-refractivity contribution in [3.8, 4) is 0 Å². The average molecular weight is 231 g/mol. The van der Waals surface area contributed by atoms with Crippen LogP contribution in [0.4, 0.5) is 0 Å². The largest absolute Gasteiger partial charge is 0.453 e. The van der Waals surface area contributed by atoms with Crippen molar-refractivity contribution in [2.75, 3.05) is 0 Å². The number of hydrogen-bond donors (Lipinski definition) is 1. The summed E-state index contributed by atoms with van der Waals surface area (Å²) in [7, 11) is 0. The number of esters is 1. The highest BCUT2D eigenvalue weighted by atomic mass is 16.5. The lowest BCUT2D eigenvalue weighted by molar-refractivity contribution is -0.139. The van der Waals surface area contributed by atoms with Crippen LogP contribution < -0.4 is 5.32 Å². The second kappa shape index (κ2) is 4.41. The first kappa shape index (κ1) is 11.4. The molecule has 0 fully saturated rings. The molecule has 0 saturated heterocycles. The number of nitrogens with one attached hydrogen (secondary N) is 1. The van der Waals surface area contributed by atoms with Gasteiger partial charge in [-0.25, -0.2) is 4.79 Å². The van der Waals surface area contributed by atoms with Gasteiger partial charge in [0.25, 0.3) is 5.91 Å². The van der Waals surface area contributed by atoms with Crippen LogP contribution in [-0.4, -0.2) is 18.0 Å². The molecule has 0 saturated carbocycles. The van der Waals surface area contributed by atoms with Gasteiger partial charge in [-0.05, 0) is 31.6 Å². The smallest absolute Gasteiger partial charge is 0.355 e. The van der Waals surface area contributed by atoms with Gasteiger partial charge in [-0.3, -0.25) is 4.79 Å². The Morgan fingerprint density at radius 2 is 1.94 bits per heavy atom. The molecule has 1 aromatic rings. The molecule has 17 heavy (non-hydrogen) atoms. The molecule has 1 aromatic carbocycles. The number of ether oxygens (including phenoxy) is 1. The summed E-state index contributed by atoms with van der Waals surface area (Å²) in [6.07, 6.45) is -0.270. The summed E-state index contributed by atoms with van der Waals surface area (Å²) in [5, 5.41) is 2.59. The summed E-state index contributed by atoms with van der Waals surface area (Å²) in [5.41, 5.74) is 1.52. The quantitative estimate of drug-likeness (QED) is 0.787. The van der Waals surface area contributed by atoms with Gasteiger partial charge >= 0.3 is 5.97 Å². The van der Waals surface area contributed by atoms with E-state index in [-0.39, 0.29) is 17.7 Å². The van der Waals surface area contributed by atoms with Gasteiger partial charge in [0.2, 0.25) is 0 Å². The molecule has 0 aliphatic carbocycles. The molecule has 0 radical (unpaired) electrons. The highest BCUT2D eigenvalue weighted by Crippen LogP contribution is 2.20. The van der Waals surface area contributed by atoms with Crippen LogP contribution in [0.1, 0.15) is 24.2 Å². The first-order chi connectivity index (χ1) is 8.09. The van der Waals surface area contributed by atoms with Crippen LogP contribution in [0.15, 0.2) is 41.6 Å². The minimum absolute atomic E-state index is 0.256. The average Bonchev–Trinajstić information content (AvgIpc) is 2.57. The molecule has 0 bridgehead atoms. The lowest BCUT2D eigenvalue weighted by atomic mass is 10.1. The minimum atomic E-state index is -0.473. The van der Waals surface area contributed by atoms with Crippen molar-refractivity contribution in [3.05, 3.63) is 47.2 Å². The third-order valence-electron chi connectivity index (χ3n) is 2.77. The lowest BCUT2D eigenvalue weighted by Crippen LogP contribution is -2.26. The first-order valence-electron chi connectivity index (χ1n) is 5.37. The Hall–Kier alpha value is -2.10. The van der Waals surface area contributed by atoms with E-state index in [1.54, 1.807) is 38.1 Å². The monoisotopic (exact) mass is 231 g/mol. The topological polar surface area (TPSA) is 55.4 Å². The fourth-order valence-electron chi connectivity index (χ4n) is 1.60. The van der Waals surface area contributed by atoms with Crippen LogP contribution in [0.5, 0.6) is 0 Å². The summed E-state index contributed by atoms with van der Waals surface area (Å²) >= 11 is 0. The van der Waals surface area contributed by atoms with Gasteiger partial charge in [-0.15, -0.1) is 0 Å². The van der Waals surface area contributed by atoms with E-state index in [1.807, 2.05) is 6.07 Å². The van der Waals surface area contributed by atoms with E-state index < -0.39 is 5.97 Å². The van der Waals surface area contributed by atoms with E-state index in [1.165, 1.54) is 0 Å². The van der Waals surface area contributed by atoms with E-state index in [9.17, 15) is 9.59 Å². The third-order valence-corrected chi connectivity index (χ3v) is 2.77. The molecule has 1 aliphatic rings. The standard InChI is InChI=1S/C13H13NO3/c1-8-9(2)17-13(16)11(8)14-12(15)10-6-4-3-5-7-10/h3-7,9H,1-2H3,(H,14,15). The van der Waals surface area contributed by atoms with Crippen molar-refractivity contribution in [2.24, 2.45) is 0 Å². The summed E-state index contributed by atoms with van der Waals surface area (Å²) in [6.45, 7) is 3.55. The van der Waals surface area contributed by atoms with Crippen LogP contribution in [0.25, 0.3) is 0 Å². The summed E-state index contributed by atoms with van der Waals surface area (Å²) in [5.74, 6) is -0.773. The number of carbonyl (C=O) groups excluding carboxylic acids is 2. The molecule has 0 aromatic heterocycles. The molecule has 1 N–H and O–H groups in total. The number of amides is 1. The fraction of sp³-hybridized carbons (Fsp3) is 0.231.